The van der Waals surface area contributed by atoms with Gasteiger partial charge in [-0.15, -0.1) is 0 Å². The van der Waals surface area contributed by atoms with Crippen molar-refractivity contribution < 1.29 is 17.6 Å². The molecule has 2 heterocycles. The van der Waals surface area contributed by atoms with E-state index in [9.17, 15) is 22.4 Å². The summed E-state index contributed by atoms with van der Waals surface area (Å²) in [6.45, 7) is 1.13. The zero-order valence-electron chi connectivity index (χ0n) is 16.3. The number of benzene rings is 2. The monoisotopic (exact) mass is 483 g/mol. The Balaban J connectivity index is 1.50. The fourth-order valence-corrected chi connectivity index (χ4v) is 6.26. The van der Waals surface area contributed by atoms with Crippen molar-refractivity contribution in [2.45, 2.75) is 30.7 Å². The molecule has 1 amide bonds. The van der Waals surface area contributed by atoms with Gasteiger partial charge >= 0.3 is 4.87 Å². The van der Waals surface area contributed by atoms with Gasteiger partial charge in [0.1, 0.15) is 5.82 Å². The number of aromatic nitrogens is 1. The summed E-state index contributed by atoms with van der Waals surface area (Å²) in [5.74, 6) is -0.941. The van der Waals surface area contributed by atoms with Crippen molar-refractivity contribution in [2.75, 3.05) is 18.4 Å². The SMILES string of the molecule is O=C(CCn1c(=O)sc2cc(S(=O)(=O)N3CCCC3)ccc21)Nc1ccc(F)c(Cl)c1. The minimum Gasteiger partial charge on any atom is -0.326 e. The summed E-state index contributed by atoms with van der Waals surface area (Å²) >= 11 is 6.66. The second-order valence-electron chi connectivity index (χ2n) is 7.19. The van der Waals surface area contributed by atoms with Crippen molar-refractivity contribution in [1.29, 1.82) is 0 Å². The van der Waals surface area contributed by atoms with Gasteiger partial charge in [0.15, 0.2) is 0 Å². The van der Waals surface area contributed by atoms with Crippen molar-refractivity contribution in [1.82, 2.24) is 8.87 Å². The number of carbonyl (C=O) groups excluding carboxylic acids is 1. The van der Waals surface area contributed by atoms with Gasteiger partial charge in [-0.3, -0.25) is 14.2 Å². The lowest BCUT2D eigenvalue weighted by molar-refractivity contribution is -0.116. The standard InChI is InChI=1S/C20H19ClFN3O4S2/c21-15-11-13(3-5-16(15)22)23-19(26)7-10-25-17-6-4-14(12-18(17)30-20(25)27)31(28,29)24-8-1-2-9-24/h3-6,11-12H,1-2,7-10H2,(H,23,26). The van der Waals surface area contributed by atoms with Gasteiger partial charge in [0.05, 0.1) is 20.1 Å². The van der Waals surface area contributed by atoms with Gasteiger partial charge in [0.25, 0.3) is 0 Å². The normalized spacial score (nSPS) is 14.9. The van der Waals surface area contributed by atoms with Crippen LogP contribution in [-0.2, 0) is 21.4 Å². The van der Waals surface area contributed by atoms with Crippen LogP contribution >= 0.6 is 22.9 Å². The van der Waals surface area contributed by atoms with Gasteiger partial charge in [-0.2, -0.15) is 4.31 Å². The van der Waals surface area contributed by atoms with Gasteiger partial charge < -0.3 is 5.32 Å². The number of nitrogens with one attached hydrogen (secondary N) is 1. The number of rotatable bonds is 6. The highest BCUT2D eigenvalue weighted by Gasteiger charge is 2.27. The third-order valence-electron chi connectivity index (χ3n) is 5.11. The van der Waals surface area contributed by atoms with Crippen LogP contribution in [0, 0.1) is 5.82 Å². The van der Waals surface area contributed by atoms with Crippen molar-refractivity contribution >= 4 is 54.8 Å². The molecule has 0 unspecified atom stereocenters. The fourth-order valence-electron chi connectivity index (χ4n) is 3.51. The number of carbonyl (C=O) groups is 1. The molecule has 164 valence electrons. The molecule has 1 fully saturated rings. The zero-order chi connectivity index (χ0) is 22.2. The Morgan fingerprint density at radius 1 is 1.16 bits per heavy atom. The Kier molecular flexibility index (Phi) is 6.16. The number of anilines is 1. The third kappa shape index (κ3) is 4.52. The molecule has 1 saturated heterocycles. The Morgan fingerprint density at radius 2 is 1.90 bits per heavy atom. The van der Waals surface area contributed by atoms with Gasteiger partial charge in [-0.25, -0.2) is 12.8 Å². The van der Waals surface area contributed by atoms with E-state index in [0.717, 1.165) is 30.2 Å². The first-order valence-electron chi connectivity index (χ1n) is 9.64. The van der Waals surface area contributed by atoms with Gasteiger partial charge in [0, 0.05) is 31.7 Å². The molecule has 2 aromatic carbocycles. The van der Waals surface area contributed by atoms with Crippen molar-refractivity contribution in [3.05, 3.63) is 56.9 Å². The molecule has 31 heavy (non-hydrogen) atoms. The van der Waals surface area contributed by atoms with E-state index in [1.54, 1.807) is 6.07 Å². The van der Waals surface area contributed by atoms with Crippen LogP contribution in [0.1, 0.15) is 19.3 Å². The molecule has 4 rings (SSSR count). The summed E-state index contributed by atoms with van der Waals surface area (Å²) in [4.78, 5) is 24.6. The largest absolute Gasteiger partial charge is 0.326 e. The number of sulfonamides is 1. The smallest absolute Gasteiger partial charge is 0.308 e. The molecule has 0 atom stereocenters. The van der Waals surface area contributed by atoms with Gasteiger partial charge in [-0.1, -0.05) is 22.9 Å². The quantitative estimate of drug-likeness (QED) is 0.579. The van der Waals surface area contributed by atoms with E-state index in [2.05, 4.69) is 5.32 Å². The van der Waals surface area contributed by atoms with E-state index in [1.165, 1.54) is 33.1 Å². The van der Waals surface area contributed by atoms with Crippen LogP contribution in [0.5, 0.6) is 0 Å². The number of hydrogen-bond acceptors (Lipinski definition) is 5. The lowest BCUT2D eigenvalue weighted by Gasteiger charge is -2.15. The maximum Gasteiger partial charge on any atom is 0.308 e. The highest BCUT2D eigenvalue weighted by molar-refractivity contribution is 7.89. The molecule has 1 aliphatic rings. The summed E-state index contributed by atoms with van der Waals surface area (Å²) in [7, 11) is -3.57. The van der Waals surface area contributed by atoms with Crippen LogP contribution in [0.4, 0.5) is 10.1 Å². The first kappa shape index (κ1) is 21.9. The topological polar surface area (TPSA) is 88.5 Å². The molecule has 1 aliphatic heterocycles. The number of halogens is 2. The lowest BCUT2D eigenvalue weighted by Crippen LogP contribution is -2.27. The molecule has 0 spiro atoms. The van der Waals surface area contributed by atoms with E-state index in [4.69, 9.17) is 11.6 Å². The highest BCUT2D eigenvalue weighted by Crippen LogP contribution is 2.26. The Bertz CT molecular complexity index is 1310. The van der Waals surface area contributed by atoms with E-state index in [0.29, 0.717) is 29.0 Å². The summed E-state index contributed by atoms with van der Waals surface area (Å²) in [6.07, 6.45) is 1.70. The van der Waals surface area contributed by atoms with Crippen LogP contribution in [0.25, 0.3) is 10.2 Å². The van der Waals surface area contributed by atoms with E-state index < -0.39 is 15.8 Å². The number of amides is 1. The summed E-state index contributed by atoms with van der Waals surface area (Å²) < 4.78 is 42.2. The summed E-state index contributed by atoms with van der Waals surface area (Å²) in [5, 5.41) is 2.51. The summed E-state index contributed by atoms with van der Waals surface area (Å²) in [5.41, 5.74) is 0.934. The van der Waals surface area contributed by atoms with Crippen molar-refractivity contribution in [3.8, 4) is 0 Å². The Labute approximate surface area is 187 Å². The minimum absolute atomic E-state index is 0.00850. The number of hydrogen-bond donors (Lipinski definition) is 1. The van der Waals surface area contributed by atoms with Crippen molar-refractivity contribution in [2.24, 2.45) is 0 Å². The van der Waals surface area contributed by atoms with E-state index in [-0.39, 0.29) is 33.7 Å². The average molecular weight is 484 g/mol. The first-order chi connectivity index (χ1) is 14.8. The average Bonchev–Trinajstić information content (AvgIpc) is 3.37. The number of fused-ring (bicyclic) bond motifs is 1. The predicted molar refractivity (Wildman–Crippen MR) is 119 cm³/mol. The minimum atomic E-state index is -3.57. The van der Waals surface area contributed by atoms with Crippen LogP contribution in [0.2, 0.25) is 5.02 Å². The maximum atomic E-state index is 13.2. The molecule has 0 bridgehead atoms. The second-order valence-corrected chi connectivity index (χ2v) is 10.5. The number of aryl methyl sites for hydroxylation is 1. The number of thiazole rings is 1. The van der Waals surface area contributed by atoms with E-state index in [1.807, 2.05) is 0 Å². The van der Waals surface area contributed by atoms with Gasteiger partial charge in [0.2, 0.25) is 15.9 Å². The maximum absolute atomic E-state index is 13.2. The van der Waals surface area contributed by atoms with Crippen LogP contribution in [-0.4, -0.2) is 36.3 Å². The van der Waals surface area contributed by atoms with Crippen LogP contribution < -0.4 is 10.2 Å². The fraction of sp³-hybridized carbons (Fsp3) is 0.300. The molecule has 11 heteroatoms. The van der Waals surface area contributed by atoms with Crippen molar-refractivity contribution in [3.63, 3.8) is 0 Å². The van der Waals surface area contributed by atoms with Crippen LogP contribution in [0.15, 0.2) is 46.1 Å². The van der Waals surface area contributed by atoms with Crippen LogP contribution in [0.3, 0.4) is 0 Å². The molecule has 7 nitrogen and oxygen atoms in total. The number of nitrogens with zero attached hydrogens (tertiary/aromatic N) is 2. The molecule has 3 aromatic rings. The summed E-state index contributed by atoms with van der Waals surface area (Å²) in [6, 6.07) is 8.48. The molecule has 1 aromatic heterocycles. The molecule has 0 aliphatic carbocycles. The Morgan fingerprint density at radius 3 is 2.61 bits per heavy atom. The lowest BCUT2D eigenvalue weighted by atomic mass is 10.3. The predicted octanol–water partition coefficient (Wildman–Crippen LogP) is 3.67. The molecule has 1 N–H and O–H groups in total. The highest BCUT2D eigenvalue weighted by atomic mass is 35.5. The Hall–Kier alpha value is -2.27. The molecule has 0 saturated carbocycles. The molecular formula is C20H19ClFN3O4S2. The third-order valence-corrected chi connectivity index (χ3v) is 8.23. The second kappa shape index (κ2) is 8.70. The van der Waals surface area contributed by atoms with E-state index >= 15 is 0 Å². The van der Waals surface area contributed by atoms with Gasteiger partial charge in [-0.05, 0) is 49.2 Å². The zero-order valence-corrected chi connectivity index (χ0v) is 18.7. The molecular weight excluding hydrogens is 465 g/mol. The first-order valence-corrected chi connectivity index (χ1v) is 12.3. The molecule has 0 radical (unpaired) electrons.